The molecule has 0 N–H and O–H groups in total. The Bertz CT molecular complexity index is 750. The predicted molar refractivity (Wildman–Crippen MR) is 94.7 cm³/mol. The van der Waals surface area contributed by atoms with Gasteiger partial charge < -0.3 is 18.8 Å². The molecule has 2 aromatic heterocycles. The van der Waals surface area contributed by atoms with Crippen molar-refractivity contribution in [3.05, 3.63) is 53.7 Å². The molecule has 0 saturated carbocycles. The van der Waals surface area contributed by atoms with Gasteiger partial charge in [0.05, 0.1) is 30.6 Å². The number of carbonyl (C=O) groups excluding carboxylic acids is 1. The molecule has 0 radical (unpaired) electrons. The molecule has 0 aliphatic carbocycles. The monoisotopic (exact) mass is 356 g/mol. The van der Waals surface area contributed by atoms with Gasteiger partial charge >= 0.3 is 0 Å². The lowest BCUT2D eigenvalue weighted by molar-refractivity contribution is -0.0416. The molecule has 2 aliphatic heterocycles. The number of hydrogen-bond acceptors (Lipinski definition) is 5. The highest BCUT2D eigenvalue weighted by atomic mass is 16.6. The molecule has 6 nitrogen and oxygen atoms in total. The quantitative estimate of drug-likeness (QED) is 0.843. The Hall–Kier alpha value is -2.18. The summed E-state index contributed by atoms with van der Waals surface area (Å²) in [6.07, 6.45) is 4.41. The minimum Gasteiger partial charge on any atom is -0.456 e. The Morgan fingerprint density at radius 2 is 2.15 bits per heavy atom. The summed E-state index contributed by atoms with van der Waals surface area (Å²) in [5, 5.41) is 0. The first-order valence-electron chi connectivity index (χ1n) is 9.15. The number of aromatic nitrogens is 1. The van der Waals surface area contributed by atoms with Gasteiger partial charge in [-0.3, -0.25) is 9.78 Å². The fraction of sp³-hybridized carbons (Fsp3) is 0.500. The van der Waals surface area contributed by atoms with Crippen molar-refractivity contribution >= 4 is 5.91 Å². The number of ether oxygens (including phenoxy) is 2. The van der Waals surface area contributed by atoms with Crippen molar-refractivity contribution < 1.29 is 18.7 Å². The summed E-state index contributed by atoms with van der Waals surface area (Å²) >= 11 is 0. The van der Waals surface area contributed by atoms with Crippen LogP contribution in [0.25, 0.3) is 0 Å². The largest absolute Gasteiger partial charge is 0.456 e. The number of pyridine rings is 1. The van der Waals surface area contributed by atoms with Crippen LogP contribution >= 0.6 is 0 Å². The Morgan fingerprint density at radius 1 is 1.31 bits per heavy atom. The van der Waals surface area contributed by atoms with E-state index in [4.69, 9.17) is 13.9 Å². The predicted octanol–water partition coefficient (Wildman–Crippen LogP) is 2.96. The van der Waals surface area contributed by atoms with Crippen LogP contribution in [0.3, 0.4) is 0 Å². The first kappa shape index (κ1) is 17.2. The van der Waals surface area contributed by atoms with Crippen molar-refractivity contribution in [1.29, 1.82) is 0 Å². The van der Waals surface area contributed by atoms with Gasteiger partial charge in [0.25, 0.3) is 5.91 Å². The highest BCUT2D eigenvalue weighted by Gasteiger charge is 2.44. The van der Waals surface area contributed by atoms with Gasteiger partial charge in [0.15, 0.2) is 5.76 Å². The molecule has 2 aliphatic rings. The number of carbonyl (C=O) groups is 1. The molecule has 0 unspecified atom stereocenters. The molecule has 2 aromatic rings. The van der Waals surface area contributed by atoms with E-state index >= 15 is 0 Å². The number of likely N-dealkylation sites (tertiary alicyclic amines) is 1. The van der Waals surface area contributed by atoms with Crippen LogP contribution in [-0.4, -0.2) is 47.2 Å². The van der Waals surface area contributed by atoms with Gasteiger partial charge in [0, 0.05) is 25.7 Å². The topological polar surface area (TPSA) is 64.8 Å². The van der Waals surface area contributed by atoms with Crippen LogP contribution in [0.5, 0.6) is 0 Å². The molecule has 1 spiro atoms. The number of rotatable bonds is 4. The van der Waals surface area contributed by atoms with E-state index in [9.17, 15) is 4.79 Å². The molecule has 4 rings (SSSR count). The summed E-state index contributed by atoms with van der Waals surface area (Å²) in [5.41, 5.74) is 0.771. The first-order valence-corrected chi connectivity index (χ1v) is 9.15. The van der Waals surface area contributed by atoms with E-state index in [-0.39, 0.29) is 17.6 Å². The molecular weight excluding hydrogens is 332 g/mol. The maximum atomic E-state index is 12.5. The maximum absolute atomic E-state index is 12.5. The Morgan fingerprint density at radius 3 is 2.85 bits per heavy atom. The summed E-state index contributed by atoms with van der Waals surface area (Å²) in [6.45, 7) is 4.34. The van der Waals surface area contributed by atoms with Crippen molar-refractivity contribution in [3.63, 3.8) is 0 Å². The zero-order chi connectivity index (χ0) is 18.0. The van der Waals surface area contributed by atoms with E-state index in [0.717, 1.165) is 30.7 Å². The third-order valence-electron chi connectivity index (χ3n) is 5.28. The average Bonchev–Trinajstić information content (AvgIpc) is 3.28. The van der Waals surface area contributed by atoms with Crippen molar-refractivity contribution in [2.45, 2.75) is 44.5 Å². The molecule has 4 heterocycles. The van der Waals surface area contributed by atoms with E-state index in [0.29, 0.717) is 32.1 Å². The van der Waals surface area contributed by atoms with Crippen molar-refractivity contribution in [1.82, 2.24) is 9.88 Å². The molecule has 0 aromatic carbocycles. The lowest BCUT2D eigenvalue weighted by Crippen LogP contribution is -2.46. The second-order valence-corrected chi connectivity index (χ2v) is 7.15. The van der Waals surface area contributed by atoms with Gasteiger partial charge in [-0.15, -0.1) is 0 Å². The van der Waals surface area contributed by atoms with Gasteiger partial charge in [-0.1, -0.05) is 6.07 Å². The number of nitrogens with zero attached hydrogens (tertiary/aromatic N) is 2. The third-order valence-corrected chi connectivity index (χ3v) is 5.28. The molecule has 1 amide bonds. The Kier molecular flexibility index (Phi) is 4.78. The minimum atomic E-state index is -0.162. The Labute approximate surface area is 153 Å². The van der Waals surface area contributed by atoms with Crippen LogP contribution in [-0.2, 0) is 16.1 Å². The Balaban J connectivity index is 1.28. The number of piperidine rings is 1. The van der Waals surface area contributed by atoms with Crippen molar-refractivity contribution in [2.24, 2.45) is 0 Å². The van der Waals surface area contributed by atoms with Crippen molar-refractivity contribution in [3.8, 4) is 0 Å². The number of amides is 1. The molecule has 6 heteroatoms. The summed E-state index contributed by atoms with van der Waals surface area (Å²) in [5.74, 6) is 1.14. The fourth-order valence-electron chi connectivity index (χ4n) is 3.77. The molecule has 1 atom stereocenters. The average molecular weight is 356 g/mol. The molecule has 0 bridgehead atoms. The van der Waals surface area contributed by atoms with E-state index in [2.05, 4.69) is 4.98 Å². The van der Waals surface area contributed by atoms with Crippen LogP contribution in [0.15, 0.2) is 40.9 Å². The highest BCUT2D eigenvalue weighted by molar-refractivity contribution is 5.91. The zero-order valence-electron chi connectivity index (χ0n) is 15.0. The summed E-state index contributed by atoms with van der Waals surface area (Å²) in [6, 6.07) is 9.39. The van der Waals surface area contributed by atoms with Gasteiger partial charge in [0.2, 0.25) is 0 Å². The summed E-state index contributed by atoms with van der Waals surface area (Å²) in [4.78, 5) is 18.6. The van der Waals surface area contributed by atoms with Crippen LogP contribution in [0, 0.1) is 6.92 Å². The third kappa shape index (κ3) is 3.66. The van der Waals surface area contributed by atoms with Crippen LogP contribution < -0.4 is 0 Å². The number of hydrogen-bond donors (Lipinski definition) is 0. The van der Waals surface area contributed by atoms with Gasteiger partial charge in [-0.25, -0.2) is 0 Å². The minimum absolute atomic E-state index is 0.0334. The number of aryl methyl sites for hydroxylation is 1. The normalized spacial score (nSPS) is 22.0. The van der Waals surface area contributed by atoms with Gasteiger partial charge in [0.1, 0.15) is 5.76 Å². The van der Waals surface area contributed by atoms with Crippen LogP contribution in [0.1, 0.15) is 41.3 Å². The standard InChI is InChI=1S/C20H24N2O4/c1-15-5-6-18(26-15)19(23)22-10-7-20(8-11-22)12-17(14-25-20)24-13-16-4-2-3-9-21-16/h2-6,9,17H,7-8,10-14H2,1H3/t17-/m1/s1. The molecule has 26 heavy (non-hydrogen) atoms. The van der Waals surface area contributed by atoms with E-state index < -0.39 is 0 Å². The fourth-order valence-corrected chi connectivity index (χ4v) is 3.77. The van der Waals surface area contributed by atoms with Crippen LogP contribution in [0.4, 0.5) is 0 Å². The van der Waals surface area contributed by atoms with Gasteiger partial charge in [-0.2, -0.15) is 0 Å². The zero-order valence-corrected chi connectivity index (χ0v) is 15.0. The number of furan rings is 1. The van der Waals surface area contributed by atoms with E-state index in [1.165, 1.54) is 0 Å². The molecule has 2 saturated heterocycles. The second-order valence-electron chi connectivity index (χ2n) is 7.15. The van der Waals surface area contributed by atoms with E-state index in [1.807, 2.05) is 36.1 Å². The maximum Gasteiger partial charge on any atom is 0.289 e. The summed E-state index contributed by atoms with van der Waals surface area (Å²) < 4.78 is 17.6. The SMILES string of the molecule is Cc1ccc(C(=O)N2CCC3(CC2)C[C@@H](OCc2ccccn2)CO3)o1. The smallest absolute Gasteiger partial charge is 0.289 e. The van der Waals surface area contributed by atoms with Gasteiger partial charge in [-0.05, 0) is 44.0 Å². The summed E-state index contributed by atoms with van der Waals surface area (Å²) in [7, 11) is 0. The molecular formula is C20H24N2O4. The first-order chi connectivity index (χ1) is 12.6. The van der Waals surface area contributed by atoms with Crippen LogP contribution in [0.2, 0.25) is 0 Å². The lowest BCUT2D eigenvalue weighted by Gasteiger charge is -2.38. The lowest BCUT2D eigenvalue weighted by atomic mass is 9.88. The molecule has 138 valence electrons. The van der Waals surface area contributed by atoms with E-state index in [1.54, 1.807) is 12.3 Å². The molecule has 2 fully saturated rings. The second kappa shape index (κ2) is 7.21. The highest BCUT2D eigenvalue weighted by Crippen LogP contribution is 2.37. The van der Waals surface area contributed by atoms with Crippen molar-refractivity contribution in [2.75, 3.05) is 19.7 Å².